The van der Waals surface area contributed by atoms with Crippen LogP contribution in [0, 0.1) is 5.92 Å². The molecule has 0 radical (unpaired) electrons. The molecule has 4 heteroatoms. The van der Waals surface area contributed by atoms with Crippen molar-refractivity contribution < 1.29 is 9.53 Å². The molecule has 0 spiro atoms. The van der Waals surface area contributed by atoms with Crippen molar-refractivity contribution in [3.8, 4) is 0 Å². The third-order valence-corrected chi connectivity index (χ3v) is 2.54. The lowest BCUT2D eigenvalue weighted by molar-refractivity contribution is -0.118. The number of methoxy groups -OCH3 is 1. The van der Waals surface area contributed by atoms with E-state index in [4.69, 9.17) is 10.5 Å². The van der Waals surface area contributed by atoms with Crippen molar-refractivity contribution in [1.82, 2.24) is 5.32 Å². The number of hydrogen-bond donors (Lipinski definition) is 2. The quantitative estimate of drug-likeness (QED) is 0.553. The Morgan fingerprint density at radius 1 is 1.64 bits per heavy atom. The Labute approximate surface area is 85.2 Å². The van der Waals surface area contributed by atoms with E-state index in [0.717, 1.165) is 25.5 Å². The van der Waals surface area contributed by atoms with Crippen LogP contribution in [0.5, 0.6) is 0 Å². The van der Waals surface area contributed by atoms with Gasteiger partial charge in [0.1, 0.15) is 0 Å². The average molecular weight is 200 g/mol. The van der Waals surface area contributed by atoms with Gasteiger partial charge < -0.3 is 15.8 Å². The number of primary amides is 1. The topological polar surface area (TPSA) is 64.3 Å². The molecule has 82 valence electrons. The van der Waals surface area contributed by atoms with Crippen molar-refractivity contribution in [3.05, 3.63) is 0 Å². The van der Waals surface area contributed by atoms with Gasteiger partial charge in [-0.05, 0) is 31.7 Å². The molecule has 1 saturated carbocycles. The molecule has 0 aromatic carbocycles. The summed E-state index contributed by atoms with van der Waals surface area (Å²) < 4.78 is 5.13. The Hall–Kier alpha value is -0.610. The van der Waals surface area contributed by atoms with Crippen LogP contribution >= 0.6 is 0 Å². The minimum atomic E-state index is -0.221. The van der Waals surface area contributed by atoms with Gasteiger partial charge in [-0.3, -0.25) is 4.79 Å². The summed E-state index contributed by atoms with van der Waals surface area (Å²) in [5.41, 5.74) is 5.05. The van der Waals surface area contributed by atoms with Crippen molar-refractivity contribution in [2.24, 2.45) is 11.7 Å². The normalized spacial score (nSPS) is 18.1. The van der Waals surface area contributed by atoms with E-state index in [1.54, 1.807) is 7.11 Å². The first-order valence-electron chi connectivity index (χ1n) is 5.24. The standard InChI is InChI=1S/C10H20N2O2/c1-14-7-9(8-4-5-8)12-6-2-3-10(11)13/h8-9,12H,2-7H2,1H3,(H2,11,13). The lowest BCUT2D eigenvalue weighted by Crippen LogP contribution is -2.36. The Bertz CT molecular complexity index is 181. The summed E-state index contributed by atoms with van der Waals surface area (Å²) in [6.07, 6.45) is 3.90. The van der Waals surface area contributed by atoms with Gasteiger partial charge in [-0.15, -0.1) is 0 Å². The second-order valence-corrected chi connectivity index (χ2v) is 3.92. The van der Waals surface area contributed by atoms with E-state index in [-0.39, 0.29) is 5.91 Å². The molecular formula is C10H20N2O2. The van der Waals surface area contributed by atoms with Crippen molar-refractivity contribution in [2.45, 2.75) is 31.7 Å². The van der Waals surface area contributed by atoms with Crippen molar-refractivity contribution >= 4 is 5.91 Å². The predicted octanol–water partition coefficient (Wildman–Crippen LogP) is 0.267. The lowest BCUT2D eigenvalue weighted by Gasteiger charge is -2.16. The summed E-state index contributed by atoms with van der Waals surface area (Å²) in [4.78, 5) is 10.5. The van der Waals surface area contributed by atoms with Gasteiger partial charge in [0, 0.05) is 19.6 Å². The molecule has 1 amide bonds. The summed E-state index contributed by atoms with van der Waals surface area (Å²) in [7, 11) is 1.72. The number of hydrogen-bond acceptors (Lipinski definition) is 3. The molecule has 0 aromatic heterocycles. The third kappa shape index (κ3) is 4.58. The Morgan fingerprint density at radius 2 is 2.36 bits per heavy atom. The molecule has 14 heavy (non-hydrogen) atoms. The monoisotopic (exact) mass is 200 g/mol. The fourth-order valence-electron chi connectivity index (χ4n) is 1.59. The van der Waals surface area contributed by atoms with Gasteiger partial charge in [0.25, 0.3) is 0 Å². The predicted molar refractivity (Wildman–Crippen MR) is 54.8 cm³/mol. The molecule has 1 rings (SSSR count). The van der Waals surface area contributed by atoms with Crippen molar-refractivity contribution in [3.63, 3.8) is 0 Å². The highest BCUT2D eigenvalue weighted by Gasteiger charge is 2.30. The third-order valence-electron chi connectivity index (χ3n) is 2.54. The number of amides is 1. The number of rotatable bonds is 8. The zero-order valence-corrected chi connectivity index (χ0v) is 8.79. The smallest absolute Gasteiger partial charge is 0.217 e. The van der Waals surface area contributed by atoms with Crippen LogP contribution in [0.25, 0.3) is 0 Å². The Kier molecular flexibility index (Phi) is 4.90. The van der Waals surface area contributed by atoms with Gasteiger partial charge in [-0.25, -0.2) is 0 Å². The molecule has 3 N–H and O–H groups in total. The van der Waals surface area contributed by atoms with Crippen LogP contribution < -0.4 is 11.1 Å². The summed E-state index contributed by atoms with van der Waals surface area (Å²) in [5, 5.41) is 3.41. The zero-order valence-electron chi connectivity index (χ0n) is 8.79. The highest BCUT2D eigenvalue weighted by atomic mass is 16.5. The minimum absolute atomic E-state index is 0.221. The van der Waals surface area contributed by atoms with Crippen LogP contribution in [0.2, 0.25) is 0 Å². The van der Waals surface area contributed by atoms with Gasteiger partial charge >= 0.3 is 0 Å². The van der Waals surface area contributed by atoms with Crippen LogP contribution in [-0.2, 0) is 9.53 Å². The van der Waals surface area contributed by atoms with Crippen LogP contribution in [0.3, 0.4) is 0 Å². The molecule has 0 aromatic rings. The second kappa shape index (κ2) is 5.98. The molecule has 1 aliphatic rings. The minimum Gasteiger partial charge on any atom is -0.383 e. The molecule has 0 bridgehead atoms. The maximum absolute atomic E-state index is 10.5. The fraction of sp³-hybridized carbons (Fsp3) is 0.900. The zero-order chi connectivity index (χ0) is 10.4. The number of ether oxygens (including phenoxy) is 1. The van der Waals surface area contributed by atoms with E-state index in [1.165, 1.54) is 12.8 Å². The Morgan fingerprint density at radius 3 is 2.86 bits per heavy atom. The molecule has 1 atom stereocenters. The van der Waals surface area contributed by atoms with Crippen molar-refractivity contribution in [2.75, 3.05) is 20.3 Å². The summed E-state index contributed by atoms with van der Waals surface area (Å²) >= 11 is 0. The molecule has 4 nitrogen and oxygen atoms in total. The first-order valence-corrected chi connectivity index (χ1v) is 5.24. The molecule has 0 aliphatic heterocycles. The first kappa shape index (κ1) is 11.5. The van der Waals surface area contributed by atoms with Gasteiger partial charge in [-0.2, -0.15) is 0 Å². The first-order chi connectivity index (χ1) is 6.74. The number of nitrogens with one attached hydrogen (secondary N) is 1. The summed E-state index contributed by atoms with van der Waals surface area (Å²) in [6.45, 7) is 1.62. The Balaban J connectivity index is 2.04. The van der Waals surface area contributed by atoms with Gasteiger partial charge in [0.15, 0.2) is 0 Å². The molecule has 0 heterocycles. The molecule has 1 unspecified atom stereocenters. The van der Waals surface area contributed by atoms with E-state index < -0.39 is 0 Å². The number of carbonyl (C=O) groups is 1. The largest absolute Gasteiger partial charge is 0.383 e. The van der Waals surface area contributed by atoms with Crippen LogP contribution in [-0.4, -0.2) is 32.2 Å². The SMILES string of the molecule is COCC(NCCCC(N)=O)C1CC1. The lowest BCUT2D eigenvalue weighted by atomic mass is 10.2. The molecule has 1 aliphatic carbocycles. The second-order valence-electron chi connectivity index (χ2n) is 3.92. The van der Waals surface area contributed by atoms with Crippen molar-refractivity contribution in [1.29, 1.82) is 0 Å². The van der Waals surface area contributed by atoms with E-state index in [0.29, 0.717) is 12.5 Å². The van der Waals surface area contributed by atoms with Gasteiger partial charge in [0.2, 0.25) is 5.91 Å². The summed E-state index contributed by atoms with van der Waals surface area (Å²) in [6, 6.07) is 0.466. The van der Waals surface area contributed by atoms with Crippen LogP contribution in [0.4, 0.5) is 0 Å². The van der Waals surface area contributed by atoms with E-state index >= 15 is 0 Å². The number of nitrogens with two attached hydrogens (primary N) is 1. The highest BCUT2D eigenvalue weighted by molar-refractivity contribution is 5.73. The molecule has 1 fully saturated rings. The van der Waals surface area contributed by atoms with E-state index in [9.17, 15) is 4.79 Å². The number of carbonyl (C=O) groups excluding carboxylic acids is 1. The average Bonchev–Trinajstić information content (AvgIpc) is 2.93. The maximum atomic E-state index is 10.5. The maximum Gasteiger partial charge on any atom is 0.217 e. The molecular weight excluding hydrogens is 180 g/mol. The summed E-state index contributed by atoms with van der Waals surface area (Å²) in [5.74, 6) is 0.560. The van der Waals surface area contributed by atoms with Gasteiger partial charge in [0.05, 0.1) is 6.61 Å². The van der Waals surface area contributed by atoms with Gasteiger partial charge in [-0.1, -0.05) is 0 Å². The molecule has 0 saturated heterocycles. The van der Waals surface area contributed by atoms with E-state index in [2.05, 4.69) is 5.32 Å². The van der Waals surface area contributed by atoms with Crippen LogP contribution in [0.1, 0.15) is 25.7 Å². The fourth-order valence-corrected chi connectivity index (χ4v) is 1.59. The van der Waals surface area contributed by atoms with E-state index in [1.807, 2.05) is 0 Å². The van der Waals surface area contributed by atoms with Crippen LogP contribution in [0.15, 0.2) is 0 Å². The highest BCUT2D eigenvalue weighted by Crippen LogP contribution is 2.32.